The smallest absolute Gasteiger partial charge is 0.762 e. The van der Waals surface area contributed by atoms with Gasteiger partial charge in [0.2, 0.25) is 0 Å². The van der Waals surface area contributed by atoms with Gasteiger partial charge in [0.05, 0.1) is 0 Å². The lowest BCUT2D eigenvalue weighted by Crippen LogP contribution is -3.00. The first-order valence-corrected chi connectivity index (χ1v) is 2.99. The molecule has 0 saturated carbocycles. The van der Waals surface area contributed by atoms with Gasteiger partial charge in [0.15, 0.2) is 0 Å². The Balaban J connectivity index is 0. The molecule has 0 aliphatic heterocycles. The van der Waals surface area contributed by atoms with Gasteiger partial charge in [0, 0.05) is 42.5 Å². The van der Waals surface area contributed by atoms with E-state index in [1.54, 1.807) is 0 Å². The SMILES string of the molecule is FB(F)F.[F-].c1ccc[cH+]cc1. The summed E-state index contributed by atoms with van der Waals surface area (Å²) < 4.78 is 29.0. The number of hydrogen-bond acceptors (Lipinski definition) is 0. The van der Waals surface area contributed by atoms with Gasteiger partial charge in [0.25, 0.3) is 0 Å². The Morgan fingerprint density at radius 3 is 1.50 bits per heavy atom. The number of rotatable bonds is 0. The largest absolute Gasteiger partial charge is 1.00 e. The van der Waals surface area contributed by atoms with Crippen molar-refractivity contribution in [2.75, 3.05) is 0 Å². The quantitative estimate of drug-likeness (QED) is 0.294. The first kappa shape index (κ1) is 13.5. The third kappa shape index (κ3) is 15.9. The summed E-state index contributed by atoms with van der Waals surface area (Å²) >= 11 is 0. The minimum Gasteiger partial charge on any atom is -1.00 e. The molecule has 0 aliphatic carbocycles. The summed E-state index contributed by atoms with van der Waals surface area (Å²) in [6.45, 7) is 0. The molecule has 0 fully saturated rings. The van der Waals surface area contributed by atoms with Crippen molar-refractivity contribution >= 4 is 7.54 Å². The van der Waals surface area contributed by atoms with Crippen LogP contribution >= 0.6 is 0 Å². The summed E-state index contributed by atoms with van der Waals surface area (Å²) in [5.74, 6) is 0. The fourth-order valence-electron chi connectivity index (χ4n) is 0.449. The van der Waals surface area contributed by atoms with E-state index in [1.165, 1.54) is 0 Å². The lowest BCUT2D eigenvalue weighted by molar-refractivity contribution is -0.00000505. The molecule has 0 saturated heterocycles. The zero-order valence-electron chi connectivity index (χ0n) is 6.13. The Bertz CT molecular complexity index is 133. The predicted octanol–water partition coefficient (Wildman–Crippen LogP) is -0.149. The Morgan fingerprint density at radius 2 is 1.17 bits per heavy atom. The lowest BCUT2D eigenvalue weighted by Gasteiger charge is -1.55. The number of hydrogen-bond donors (Lipinski definition) is 0. The fourth-order valence-corrected chi connectivity index (χ4v) is 0.449. The van der Waals surface area contributed by atoms with Crippen LogP contribution in [-0.2, 0) is 0 Å². The molecule has 0 atom stereocenters. The lowest BCUT2D eigenvalue weighted by atomic mass is 10.5. The van der Waals surface area contributed by atoms with Crippen LogP contribution in [0.3, 0.4) is 0 Å². The summed E-state index contributed by atoms with van der Waals surface area (Å²) in [7, 11) is -3.67. The molecule has 0 N–H and O–H groups in total. The molecule has 0 bridgehead atoms. The maximum Gasteiger partial charge on any atom is 0.762 e. The predicted molar refractivity (Wildman–Crippen MR) is 39.9 cm³/mol. The Morgan fingerprint density at radius 1 is 0.833 bits per heavy atom. The van der Waals surface area contributed by atoms with Crippen LogP contribution in [0, 0.1) is 0 Å². The summed E-state index contributed by atoms with van der Waals surface area (Å²) in [6.07, 6.45) is 0. The molecular weight excluding hydrogens is 171 g/mol. The van der Waals surface area contributed by atoms with Crippen molar-refractivity contribution in [1.29, 1.82) is 0 Å². The highest BCUT2D eigenvalue weighted by Crippen LogP contribution is 1.80. The third-order valence-corrected chi connectivity index (χ3v) is 0.778. The van der Waals surface area contributed by atoms with Gasteiger partial charge in [-0.05, 0) is 0 Å². The summed E-state index contributed by atoms with van der Waals surface area (Å²) in [5.41, 5.74) is 0. The molecule has 1 rings (SSSR count). The molecule has 1 aromatic carbocycles. The maximum atomic E-state index is 9.67. The van der Waals surface area contributed by atoms with Crippen molar-refractivity contribution in [3.63, 3.8) is 0 Å². The van der Waals surface area contributed by atoms with Gasteiger partial charge >= 0.3 is 7.54 Å². The highest BCUT2D eigenvalue weighted by Gasteiger charge is 2.06. The average molecular weight is 178 g/mol. The monoisotopic (exact) mass is 178 g/mol. The van der Waals surface area contributed by atoms with Crippen molar-refractivity contribution in [1.82, 2.24) is 0 Å². The standard InChI is InChI=1S/C7H7.BF3.FH/c1-2-4-6-7-5-3-1;2-1(3)4;/h1-7H;;1H/q+1;;/p-1. The normalized spacial score (nSPS) is 6.92. The molecule has 0 spiro atoms. The van der Waals surface area contributed by atoms with E-state index >= 15 is 0 Å². The van der Waals surface area contributed by atoms with Crippen LogP contribution in [0.5, 0.6) is 0 Å². The second-order valence-electron chi connectivity index (χ2n) is 1.59. The van der Waals surface area contributed by atoms with Gasteiger partial charge in [-0.2, -0.15) is 0 Å². The van der Waals surface area contributed by atoms with Gasteiger partial charge in [-0.1, -0.05) is 0 Å². The van der Waals surface area contributed by atoms with Gasteiger partial charge < -0.3 is 4.70 Å². The summed E-state index contributed by atoms with van der Waals surface area (Å²) in [4.78, 5) is 0. The average Bonchev–Trinajstić information content (AvgIpc) is 2.13. The topological polar surface area (TPSA) is 0 Å². The van der Waals surface area contributed by atoms with E-state index in [0.717, 1.165) is 0 Å². The van der Waals surface area contributed by atoms with Gasteiger partial charge in [-0.3, -0.25) is 12.9 Å². The minimum atomic E-state index is -3.67. The van der Waals surface area contributed by atoms with Crippen LogP contribution in [0.2, 0.25) is 0 Å². The minimum absolute atomic E-state index is 0. The van der Waals surface area contributed by atoms with Crippen molar-refractivity contribution in [3.05, 3.63) is 42.5 Å². The highest BCUT2D eigenvalue weighted by molar-refractivity contribution is 6.33. The Hall–Kier alpha value is -1.13. The third-order valence-electron chi connectivity index (χ3n) is 0.778. The Labute approximate surface area is 68.6 Å². The van der Waals surface area contributed by atoms with Crippen LogP contribution in [0.4, 0.5) is 12.9 Å². The maximum absolute atomic E-state index is 9.67. The van der Waals surface area contributed by atoms with E-state index in [-0.39, 0.29) is 4.70 Å². The van der Waals surface area contributed by atoms with Crippen molar-refractivity contribution in [2.45, 2.75) is 0 Å². The van der Waals surface area contributed by atoms with E-state index in [0.29, 0.717) is 0 Å². The highest BCUT2D eigenvalue weighted by atomic mass is 19.4. The molecule has 5 heteroatoms. The molecule has 0 amide bonds. The molecule has 0 unspecified atom stereocenters. The molecule has 0 aliphatic rings. The molecule has 66 valence electrons. The first-order valence-electron chi connectivity index (χ1n) is 2.99. The Kier molecular flexibility index (Phi) is 11.1. The first-order chi connectivity index (χ1) is 5.23. The van der Waals surface area contributed by atoms with E-state index in [4.69, 9.17) is 0 Å². The van der Waals surface area contributed by atoms with E-state index in [2.05, 4.69) is 0 Å². The molecule has 1 aromatic rings. The van der Waals surface area contributed by atoms with E-state index < -0.39 is 7.54 Å². The van der Waals surface area contributed by atoms with Crippen LogP contribution in [0.25, 0.3) is 0 Å². The number of halogens is 4. The van der Waals surface area contributed by atoms with E-state index in [1.807, 2.05) is 42.5 Å². The van der Waals surface area contributed by atoms with Crippen LogP contribution in [0.1, 0.15) is 0 Å². The van der Waals surface area contributed by atoms with Crippen molar-refractivity contribution in [3.8, 4) is 0 Å². The second kappa shape index (κ2) is 9.87. The van der Waals surface area contributed by atoms with Crippen molar-refractivity contribution in [2.24, 2.45) is 0 Å². The van der Waals surface area contributed by atoms with Gasteiger partial charge in [0.1, 0.15) is 0 Å². The van der Waals surface area contributed by atoms with Crippen LogP contribution in [0.15, 0.2) is 42.5 Å². The fraction of sp³-hybridized carbons (Fsp3) is 0. The van der Waals surface area contributed by atoms with Crippen LogP contribution < -0.4 is 4.70 Å². The zero-order chi connectivity index (χ0) is 8.53. The second-order valence-corrected chi connectivity index (χ2v) is 1.59. The van der Waals surface area contributed by atoms with Crippen LogP contribution in [-0.4, -0.2) is 7.54 Å². The van der Waals surface area contributed by atoms with E-state index in [9.17, 15) is 12.9 Å². The zero-order valence-corrected chi connectivity index (χ0v) is 6.13. The molecule has 0 aromatic heterocycles. The molecule has 0 radical (unpaired) electrons. The summed E-state index contributed by atoms with van der Waals surface area (Å²) in [5, 5.41) is 0. The van der Waals surface area contributed by atoms with Gasteiger partial charge in [-0.15, -0.1) is 0 Å². The van der Waals surface area contributed by atoms with Gasteiger partial charge in [-0.25, -0.2) is 0 Å². The molecule has 0 nitrogen and oxygen atoms in total. The molecular formula is C7H7BF4. The van der Waals surface area contributed by atoms with Crippen molar-refractivity contribution < 1.29 is 17.7 Å². The molecule has 12 heavy (non-hydrogen) atoms. The molecule has 0 heterocycles. The summed E-state index contributed by atoms with van der Waals surface area (Å²) in [6, 6.07) is 14.0.